The SMILES string of the molecule is C=CCCCCC(N[C@H](C(=O)N1C[C@H](OC(=O)N2Cc3cccc(C=C)c3C2)C[C@H]1C(=O)OC)C(C)C)OC(=O)C(F)(F)F. The maximum Gasteiger partial charge on any atom is 0.490 e. The lowest BCUT2D eigenvalue weighted by atomic mass is 10.0. The first-order valence-electron chi connectivity index (χ1n) is 14.5. The number of carbonyl (C=O) groups is 4. The Kier molecular flexibility index (Phi) is 12.0. The highest BCUT2D eigenvalue weighted by Gasteiger charge is 2.46. The smallest absolute Gasteiger partial charge is 0.467 e. The van der Waals surface area contributed by atoms with Gasteiger partial charge in [0, 0.05) is 13.0 Å². The van der Waals surface area contributed by atoms with Crippen LogP contribution in [0.25, 0.3) is 6.08 Å². The van der Waals surface area contributed by atoms with E-state index in [1.54, 1.807) is 26.0 Å². The summed E-state index contributed by atoms with van der Waals surface area (Å²) >= 11 is 0. The molecule has 1 N–H and O–H groups in total. The average molecular weight is 624 g/mol. The molecule has 0 radical (unpaired) electrons. The summed E-state index contributed by atoms with van der Waals surface area (Å²) in [6.07, 6.45) is -3.14. The number of alkyl halides is 3. The molecule has 242 valence electrons. The largest absolute Gasteiger partial charge is 0.490 e. The van der Waals surface area contributed by atoms with Crippen molar-refractivity contribution in [2.45, 2.75) is 89.6 Å². The second kappa shape index (κ2) is 15.2. The fraction of sp³-hybridized carbons (Fsp3) is 0.548. The van der Waals surface area contributed by atoms with E-state index in [1.807, 2.05) is 18.2 Å². The Labute approximate surface area is 255 Å². The van der Waals surface area contributed by atoms with E-state index in [0.717, 1.165) is 23.8 Å². The van der Waals surface area contributed by atoms with Crippen LogP contribution in [0.3, 0.4) is 0 Å². The quantitative estimate of drug-likeness (QED) is 0.110. The number of nitrogens with one attached hydrogen (secondary N) is 1. The van der Waals surface area contributed by atoms with E-state index in [0.29, 0.717) is 32.4 Å². The molecule has 0 spiro atoms. The number of hydrogen-bond donors (Lipinski definition) is 1. The molecular formula is C31H40F3N3O7. The number of amides is 2. The number of halogens is 3. The number of rotatable bonds is 13. The molecule has 3 rings (SSSR count). The van der Waals surface area contributed by atoms with Gasteiger partial charge in [-0.25, -0.2) is 14.4 Å². The van der Waals surface area contributed by atoms with Crippen molar-refractivity contribution >= 4 is 30.0 Å². The van der Waals surface area contributed by atoms with Crippen molar-refractivity contribution in [3.8, 4) is 0 Å². The summed E-state index contributed by atoms with van der Waals surface area (Å²) in [7, 11) is 1.16. The summed E-state index contributed by atoms with van der Waals surface area (Å²) < 4.78 is 54.4. The molecule has 10 nitrogen and oxygen atoms in total. The maximum atomic E-state index is 13.8. The molecular weight excluding hydrogens is 583 g/mol. The van der Waals surface area contributed by atoms with Crippen LogP contribution in [0, 0.1) is 5.92 Å². The van der Waals surface area contributed by atoms with Gasteiger partial charge in [-0.3, -0.25) is 15.0 Å². The van der Waals surface area contributed by atoms with Gasteiger partial charge in [0.25, 0.3) is 0 Å². The minimum Gasteiger partial charge on any atom is -0.467 e. The van der Waals surface area contributed by atoms with Crippen LogP contribution in [-0.2, 0) is 41.7 Å². The third-order valence-electron chi connectivity index (χ3n) is 7.69. The van der Waals surface area contributed by atoms with Gasteiger partial charge in [-0.05, 0) is 48.3 Å². The number of esters is 2. The molecule has 1 aromatic carbocycles. The van der Waals surface area contributed by atoms with Crippen LogP contribution in [0.5, 0.6) is 0 Å². The third kappa shape index (κ3) is 8.61. The molecule has 44 heavy (non-hydrogen) atoms. The van der Waals surface area contributed by atoms with Crippen molar-refractivity contribution in [3.05, 3.63) is 54.1 Å². The number of benzene rings is 1. The standard InChI is InChI=1S/C31H40F3N3O7/c1-6-8-9-10-14-25(44-29(40)31(32,33)34)35-26(19(3)4)27(38)37-17-22(15-24(37)28(39)42-5)43-30(41)36-16-21-13-11-12-20(7-2)23(21)18-36/h6-7,11-13,19,22,24-26,35H,1-2,8-10,14-18H2,3-5H3/t22-,24+,25?,26+/m1/s1. The van der Waals surface area contributed by atoms with E-state index < -0.39 is 60.4 Å². The molecule has 2 amide bonds. The Hall–Kier alpha value is -3.87. The van der Waals surface area contributed by atoms with Crippen LogP contribution in [0.2, 0.25) is 0 Å². The summed E-state index contributed by atoms with van der Waals surface area (Å²) in [6.45, 7) is 11.3. The summed E-state index contributed by atoms with van der Waals surface area (Å²) in [5.74, 6) is -4.21. The summed E-state index contributed by atoms with van der Waals surface area (Å²) in [6, 6.07) is 3.46. The first-order chi connectivity index (χ1) is 20.8. The van der Waals surface area contributed by atoms with E-state index in [4.69, 9.17) is 14.2 Å². The Morgan fingerprint density at radius 2 is 1.86 bits per heavy atom. The average Bonchev–Trinajstić information content (AvgIpc) is 3.61. The third-order valence-corrected chi connectivity index (χ3v) is 7.69. The molecule has 0 saturated carbocycles. The van der Waals surface area contributed by atoms with Gasteiger partial charge in [-0.15, -0.1) is 6.58 Å². The first-order valence-corrected chi connectivity index (χ1v) is 14.5. The zero-order valence-corrected chi connectivity index (χ0v) is 25.2. The van der Waals surface area contributed by atoms with Crippen LogP contribution in [0.15, 0.2) is 37.4 Å². The molecule has 13 heteroatoms. The highest BCUT2D eigenvalue weighted by molar-refractivity contribution is 5.88. The van der Waals surface area contributed by atoms with Gasteiger partial charge < -0.3 is 19.1 Å². The number of methoxy groups -OCH3 is 1. The molecule has 2 heterocycles. The number of nitrogens with zero attached hydrogens (tertiary/aromatic N) is 2. The number of allylic oxidation sites excluding steroid dienone is 1. The first kappa shape index (κ1) is 34.6. The number of ether oxygens (including phenoxy) is 3. The predicted octanol–water partition coefficient (Wildman–Crippen LogP) is 4.72. The lowest BCUT2D eigenvalue weighted by Gasteiger charge is -2.32. The van der Waals surface area contributed by atoms with Crippen molar-refractivity contribution in [2.24, 2.45) is 5.92 Å². The van der Waals surface area contributed by atoms with E-state index in [9.17, 15) is 32.3 Å². The van der Waals surface area contributed by atoms with Crippen molar-refractivity contribution in [3.63, 3.8) is 0 Å². The van der Waals surface area contributed by atoms with Crippen LogP contribution >= 0.6 is 0 Å². The highest BCUT2D eigenvalue weighted by atomic mass is 19.4. The minimum atomic E-state index is -5.22. The molecule has 0 bridgehead atoms. The second-order valence-electron chi connectivity index (χ2n) is 11.2. The number of fused-ring (bicyclic) bond motifs is 1. The van der Waals surface area contributed by atoms with Gasteiger partial charge in [-0.2, -0.15) is 13.2 Å². The number of carbonyl (C=O) groups excluding carboxylic acids is 4. The molecule has 4 atom stereocenters. The number of likely N-dealkylation sites (tertiary alicyclic amines) is 1. The van der Waals surface area contributed by atoms with E-state index in [2.05, 4.69) is 18.5 Å². The van der Waals surface area contributed by atoms with E-state index in [1.165, 1.54) is 9.80 Å². The van der Waals surface area contributed by atoms with Gasteiger partial charge >= 0.3 is 24.2 Å². The molecule has 2 aliphatic heterocycles. The van der Waals surface area contributed by atoms with Gasteiger partial charge in [-0.1, -0.05) is 50.8 Å². The van der Waals surface area contributed by atoms with E-state index >= 15 is 0 Å². The summed E-state index contributed by atoms with van der Waals surface area (Å²) in [5, 5.41) is 2.77. The highest BCUT2D eigenvalue weighted by Crippen LogP contribution is 2.30. The predicted molar refractivity (Wildman–Crippen MR) is 155 cm³/mol. The van der Waals surface area contributed by atoms with Gasteiger partial charge in [0.15, 0.2) is 6.23 Å². The molecule has 0 aliphatic carbocycles. The summed E-state index contributed by atoms with van der Waals surface area (Å²) in [5.41, 5.74) is 2.84. The van der Waals surface area contributed by atoms with Crippen molar-refractivity contribution < 1.29 is 46.6 Å². The van der Waals surface area contributed by atoms with Crippen molar-refractivity contribution in [1.82, 2.24) is 15.1 Å². The zero-order chi connectivity index (χ0) is 32.6. The van der Waals surface area contributed by atoms with E-state index in [-0.39, 0.29) is 19.4 Å². The van der Waals surface area contributed by atoms with Gasteiger partial charge in [0.05, 0.1) is 26.2 Å². The molecule has 1 saturated heterocycles. The maximum absolute atomic E-state index is 13.8. The fourth-order valence-electron chi connectivity index (χ4n) is 5.39. The number of unbranched alkanes of at least 4 members (excludes halogenated alkanes) is 2. The van der Waals surface area contributed by atoms with Gasteiger partial charge in [0.1, 0.15) is 12.1 Å². The van der Waals surface area contributed by atoms with Crippen LogP contribution in [-0.4, -0.2) is 78.0 Å². The zero-order valence-electron chi connectivity index (χ0n) is 25.2. The minimum absolute atomic E-state index is 0.0125. The molecule has 0 aromatic heterocycles. The van der Waals surface area contributed by atoms with Crippen LogP contribution in [0.1, 0.15) is 62.6 Å². The van der Waals surface area contributed by atoms with Crippen molar-refractivity contribution in [1.29, 1.82) is 0 Å². The topological polar surface area (TPSA) is 114 Å². The van der Waals surface area contributed by atoms with Gasteiger partial charge in [0.2, 0.25) is 5.91 Å². The molecule has 1 unspecified atom stereocenters. The fourth-order valence-corrected chi connectivity index (χ4v) is 5.39. The Balaban J connectivity index is 1.74. The van der Waals surface area contributed by atoms with Crippen LogP contribution in [0.4, 0.5) is 18.0 Å². The summed E-state index contributed by atoms with van der Waals surface area (Å²) in [4.78, 5) is 54.0. The normalized spacial score (nSPS) is 19.2. The Bertz CT molecular complexity index is 1240. The van der Waals surface area contributed by atoms with Crippen molar-refractivity contribution in [2.75, 3.05) is 13.7 Å². The van der Waals surface area contributed by atoms with Crippen LogP contribution < -0.4 is 5.32 Å². The molecule has 1 aromatic rings. The lowest BCUT2D eigenvalue weighted by Crippen LogP contribution is -2.56. The monoisotopic (exact) mass is 623 g/mol. The molecule has 2 aliphatic rings. The Morgan fingerprint density at radius 3 is 2.48 bits per heavy atom. The Morgan fingerprint density at radius 1 is 1.14 bits per heavy atom. The second-order valence-corrected chi connectivity index (χ2v) is 11.2. The number of hydrogen-bond acceptors (Lipinski definition) is 8. The lowest BCUT2D eigenvalue weighted by molar-refractivity contribution is -0.207. The molecule has 1 fully saturated rings.